The second kappa shape index (κ2) is 4.44. The van der Waals surface area contributed by atoms with Crippen molar-refractivity contribution in [2.45, 2.75) is 25.5 Å². The molecule has 1 aromatic carbocycles. The monoisotopic (exact) mass is 311 g/mol. The van der Waals surface area contributed by atoms with Crippen molar-refractivity contribution in [2.75, 3.05) is 0 Å². The molecule has 1 aliphatic carbocycles. The van der Waals surface area contributed by atoms with Crippen LogP contribution in [0, 0.1) is 5.82 Å². The van der Waals surface area contributed by atoms with E-state index in [0.717, 1.165) is 12.8 Å². The summed E-state index contributed by atoms with van der Waals surface area (Å²) in [5.74, 6) is 0.806. The van der Waals surface area contributed by atoms with Gasteiger partial charge in [0.2, 0.25) is 0 Å². The molecule has 1 fully saturated rings. The van der Waals surface area contributed by atoms with Crippen LogP contribution in [0.1, 0.15) is 24.7 Å². The Labute approximate surface area is 112 Å². The largest absolute Gasteiger partial charge is 0.388 e. The molecule has 4 nitrogen and oxygen atoms in total. The third-order valence-corrected chi connectivity index (χ3v) is 3.82. The molecular formula is C12H11BrFN3O. The summed E-state index contributed by atoms with van der Waals surface area (Å²) in [6.07, 6.45) is 2.09. The zero-order valence-corrected chi connectivity index (χ0v) is 11.1. The summed E-state index contributed by atoms with van der Waals surface area (Å²) in [7, 11) is 0. The Kier molecular flexibility index (Phi) is 2.91. The number of nitrogens with zero attached hydrogens (tertiary/aromatic N) is 3. The quantitative estimate of drug-likeness (QED) is 0.948. The summed E-state index contributed by atoms with van der Waals surface area (Å²) in [4.78, 5) is 0. The molecule has 0 bridgehead atoms. The smallest absolute Gasteiger partial charge is 0.165 e. The maximum absolute atomic E-state index is 13.5. The number of benzene rings is 1. The number of aromatic nitrogens is 3. The maximum atomic E-state index is 13.5. The molecule has 0 aliphatic heterocycles. The minimum atomic E-state index is -0.330. The predicted molar refractivity (Wildman–Crippen MR) is 67.3 cm³/mol. The summed E-state index contributed by atoms with van der Waals surface area (Å²) in [6.45, 7) is -0.156. The lowest BCUT2D eigenvalue weighted by Gasteiger charge is -2.09. The summed E-state index contributed by atoms with van der Waals surface area (Å²) in [6, 6.07) is 5.14. The van der Waals surface area contributed by atoms with E-state index in [-0.39, 0.29) is 12.4 Å². The molecule has 0 saturated heterocycles. The van der Waals surface area contributed by atoms with E-state index in [9.17, 15) is 9.50 Å². The normalized spacial score (nSPS) is 15.1. The molecule has 0 amide bonds. The van der Waals surface area contributed by atoms with Crippen LogP contribution in [0.25, 0.3) is 11.4 Å². The van der Waals surface area contributed by atoms with Gasteiger partial charge in [0.1, 0.15) is 12.4 Å². The lowest BCUT2D eigenvalue weighted by Crippen LogP contribution is -2.03. The number of aliphatic hydroxyl groups excluding tert-OH is 1. The number of hydrogen-bond donors (Lipinski definition) is 1. The zero-order chi connectivity index (χ0) is 12.7. The molecule has 2 aromatic rings. The fourth-order valence-electron chi connectivity index (χ4n) is 2.01. The molecule has 0 unspecified atom stereocenters. The molecule has 1 aliphatic rings. The number of rotatable bonds is 3. The summed E-state index contributed by atoms with van der Waals surface area (Å²) < 4.78 is 15.8. The van der Waals surface area contributed by atoms with Crippen LogP contribution >= 0.6 is 15.9 Å². The Morgan fingerprint density at radius 3 is 2.83 bits per heavy atom. The lowest BCUT2D eigenvalue weighted by molar-refractivity contribution is 0.265. The summed E-state index contributed by atoms with van der Waals surface area (Å²) in [5.41, 5.74) is 0.661. The van der Waals surface area contributed by atoms with Crippen LogP contribution in [-0.4, -0.2) is 19.9 Å². The van der Waals surface area contributed by atoms with Crippen LogP contribution in [0.5, 0.6) is 0 Å². The summed E-state index contributed by atoms with van der Waals surface area (Å²) in [5, 5.41) is 17.3. The van der Waals surface area contributed by atoms with E-state index in [1.807, 2.05) is 4.57 Å². The molecule has 1 N–H and O–H groups in total. The van der Waals surface area contributed by atoms with Crippen LogP contribution in [0.4, 0.5) is 4.39 Å². The highest BCUT2D eigenvalue weighted by molar-refractivity contribution is 9.10. The molecule has 0 spiro atoms. The predicted octanol–water partition coefficient (Wildman–Crippen LogP) is 2.67. The van der Waals surface area contributed by atoms with Crippen molar-refractivity contribution in [1.82, 2.24) is 14.8 Å². The van der Waals surface area contributed by atoms with Gasteiger partial charge in [0.05, 0.1) is 4.47 Å². The average Bonchev–Trinajstić information content (AvgIpc) is 3.12. The van der Waals surface area contributed by atoms with Crippen LogP contribution in [0.15, 0.2) is 22.7 Å². The minimum absolute atomic E-state index is 0.156. The van der Waals surface area contributed by atoms with Crippen molar-refractivity contribution < 1.29 is 9.50 Å². The molecule has 1 heterocycles. The van der Waals surface area contributed by atoms with Crippen LogP contribution in [0.2, 0.25) is 0 Å². The first-order valence-electron chi connectivity index (χ1n) is 5.71. The maximum Gasteiger partial charge on any atom is 0.165 e. The van der Waals surface area contributed by atoms with Crippen LogP contribution in [0.3, 0.4) is 0 Å². The van der Waals surface area contributed by atoms with Gasteiger partial charge in [-0.25, -0.2) is 4.39 Å². The van der Waals surface area contributed by atoms with Crippen molar-refractivity contribution in [2.24, 2.45) is 0 Å². The van der Waals surface area contributed by atoms with Crippen molar-refractivity contribution in [3.05, 3.63) is 34.3 Å². The van der Waals surface area contributed by atoms with Crippen LogP contribution in [-0.2, 0) is 6.61 Å². The Bertz CT molecular complexity index is 595. The highest BCUT2D eigenvalue weighted by atomic mass is 79.9. The van der Waals surface area contributed by atoms with Crippen molar-refractivity contribution in [1.29, 1.82) is 0 Å². The average molecular weight is 312 g/mol. The first-order chi connectivity index (χ1) is 8.72. The molecule has 6 heteroatoms. The standard InChI is InChI=1S/C12H11BrFN3O/c13-11-8(2-1-3-9(11)14)12-16-15-10(6-18)17(12)7-4-5-7/h1-3,7,18H,4-6H2. The third-order valence-electron chi connectivity index (χ3n) is 3.01. The Balaban J connectivity index is 2.17. The van der Waals surface area contributed by atoms with E-state index in [4.69, 9.17) is 0 Å². The van der Waals surface area contributed by atoms with E-state index >= 15 is 0 Å². The van der Waals surface area contributed by atoms with Crippen LogP contribution < -0.4 is 0 Å². The van der Waals surface area contributed by atoms with E-state index < -0.39 is 0 Å². The Morgan fingerprint density at radius 1 is 1.39 bits per heavy atom. The van der Waals surface area contributed by atoms with Gasteiger partial charge in [-0.15, -0.1) is 10.2 Å². The van der Waals surface area contributed by atoms with Gasteiger partial charge in [0.15, 0.2) is 11.6 Å². The molecule has 0 radical (unpaired) electrons. The Hall–Kier alpha value is -1.27. The number of halogens is 2. The van der Waals surface area contributed by atoms with Gasteiger partial charge >= 0.3 is 0 Å². The van der Waals surface area contributed by atoms with E-state index in [1.165, 1.54) is 6.07 Å². The number of hydrogen-bond acceptors (Lipinski definition) is 3. The van der Waals surface area contributed by atoms with Gasteiger partial charge in [0.25, 0.3) is 0 Å². The van der Waals surface area contributed by atoms with Gasteiger partial charge in [-0.05, 0) is 40.9 Å². The van der Waals surface area contributed by atoms with Gasteiger partial charge < -0.3 is 9.67 Å². The van der Waals surface area contributed by atoms with E-state index in [2.05, 4.69) is 26.1 Å². The molecule has 1 saturated carbocycles. The van der Waals surface area contributed by atoms with Crippen molar-refractivity contribution in [3.8, 4) is 11.4 Å². The fourth-order valence-corrected chi connectivity index (χ4v) is 2.45. The number of aliphatic hydroxyl groups is 1. The highest BCUT2D eigenvalue weighted by Gasteiger charge is 2.30. The first kappa shape index (κ1) is 11.8. The topological polar surface area (TPSA) is 50.9 Å². The summed E-state index contributed by atoms with van der Waals surface area (Å²) >= 11 is 3.23. The SMILES string of the molecule is OCc1nnc(-c2cccc(F)c2Br)n1C1CC1. The fraction of sp³-hybridized carbons (Fsp3) is 0.333. The molecule has 0 atom stereocenters. The van der Waals surface area contributed by atoms with E-state index in [1.54, 1.807) is 12.1 Å². The molecule has 3 rings (SSSR count). The highest BCUT2D eigenvalue weighted by Crippen LogP contribution is 2.40. The Morgan fingerprint density at radius 2 is 2.17 bits per heavy atom. The second-order valence-electron chi connectivity index (χ2n) is 4.30. The zero-order valence-electron chi connectivity index (χ0n) is 9.48. The molecule has 94 valence electrons. The van der Waals surface area contributed by atoms with Gasteiger partial charge in [-0.3, -0.25) is 0 Å². The van der Waals surface area contributed by atoms with Gasteiger partial charge in [0, 0.05) is 11.6 Å². The van der Waals surface area contributed by atoms with Crippen molar-refractivity contribution >= 4 is 15.9 Å². The van der Waals surface area contributed by atoms with E-state index in [0.29, 0.717) is 27.7 Å². The van der Waals surface area contributed by atoms with Gasteiger partial charge in [-0.2, -0.15) is 0 Å². The van der Waals surface area contributed by atoms with Crippen molar-refractivity contribution in [3.63, 3.8) is 0 Å². The minimum Gasteiger partial charge on any atom is -0.388 e. The third kappa shape index (κ3) is 1.85. The molecule has 1 aromatic heterocycles. The first-order valence-corrected chi connectivity index (χ1v) is 6.50. The second-order valence-corrected chi connectivity index (χ2v) is 5.09. The molecular weight excluding hydrogens is 301 g/mol. The lowest BCUT2D eigenvalue weighted by atomic mass is 10.2. The molecule has 18 heavy (non-hydrogen) atoms. The van der Waals surface area contributed by atoms with Gasteiger partial charge in [-0.1, -0.05) is 6.07 Å².